The molecule has 2 atom stereocenters. The molecule has 1 fully saturated rings. The Morgan fingerprint density at radius 2 is 2.11 bits per heavy atom. The maximum atomic E-state index is 6.30. The highest BCUT2D eigenvalue weighted by Crippen LogP contribution is 2.28. The Morgan fingerprint density at radius 1 is 1.37 bits per heavy atom. The van der Waals surface area contributed by atoms with Crippen LogP contribution in [0, 0.1) is 5.92 Å². The van der Waals surface area contributed by atoms with Crippen molar-refractivity contribution in [1.82, 2.24) is 10.2 Å². The molecule has 2 nitrogen and oxygen atoms in total. The highest BCUT2D eigenvalue weighted by molar-refractivity contribution is 6.42. The first-order valence-electron chi connectivity index (χ1n) is 6.89. The third kappa shape index (κ3) is 3.63. The summed E-state index contributed by atoms with van der Waals surface area (Å²) in [7, 11) is 0. The van der Waals surface area contributed by atoms with Crippen LogP contribution in [0.4, 0.5) is 0 Å². The standard InChI is InChI=1S/C15H22Cl2N2/c1-10(2)14-7-18-11(3)8-19(14)9-12-5-4-6-13(16)15(12)17/h4-6,10-11,14,18H,7-9H2,1-3H3. The first-order valence-corrected chi connectivity index (χ1v) is 7.65. The van der Waals surface area contributed by atoms with E-state index in [9.17, 15) is 0 Å². The largest absolute Gasteiger partial charge is 0.311 e. The van der Waals surface area contributed by atoms with Crippen LogP contribution in [0.3, 0.4) is 0 Å². The molecule has 1 aliphatic heterocycles. The monoisotopic (exact) mass is 300 g/mol. The Labute approximate surface area is 126 Å². The maximum absolute atomic E-state index is 6.30. The molecule has 1 saturated heterocycles. The van der Waals surface area contributed by atoms with Gasteiger partial charge in [0, 0.05) is 31.7 Å². The number of nitrogens with one attached hydrogen (secondary N) is 1. The van der Waals surface area contributed by atoms with E-state index in [4.69, 9.17) is 23.2 Å². The van der Waals surface area contributed by atoms with Gasteiger partial charge in [-0.1, -0.05) is 49.2 Å². The van der Waals surface area contributed by atoms with Gasteiger partial charge in [-0.3, -0.25) is 4.90 Å². The topological polar surface area (TPSA) is 15.3 Å². The minimum Gasteiger partial charge on any atom is -0.311 e. The first kappa shape index (κ1) is 15.1. The lowest BCUT2D eigenvalue weighted by atomic mass is 9.98. The van der Waals surface area contributed by atoms with E-state index in [1.807, 2.05) is 12.1 Å². The fraction of sp³-hybridized carbons (Fsp3) is 0.600. The Morgan fingerprint density at radius 3 is 2.79 bits per heavy atom. The summed E-state index contributed by atoms with van der Waals surface area (Å²) in [5.74, 6) is 0.623. The Balaban J connectivity index is 2.16. The lowest BCUT2D eigenvalue weighted by Crippen LogP contribution is -2.56. The molecule has 1 aromatic carbocycles. The Hall–Kier alpha value is -0.280. The van der Waals surface area contributed by atoms with Crippen LogP contribution in [0.25, 0.3) is 0 Å². The lowest BCUT2D eigenvalue weighted by Gasteiger charge is -2.41. The van der Waals surface area contributed by atoms with E-state index in [0.717, 1.165) is 25.2 Å². The van der Waals surface area contributed by atoms with Gasteiger partial charge in [0.15, 0.2) is 0 Å². The fourth-order valence-corrected chi connectivity index (χ4v) is 3.11. The van der Waals surface area contributed by atoms with Crippen molar-refractivity contribution in [3.05, 3.63) is 33.8 Å². The molecule has 1 aromatic rings. The predicted molar refractivity (Wildman–Crippen MR) is 83.0 cm³/mol. The summed E-state index contributed by atoms with van der Waals surface area (Å²) in [6, 6.07) is 6.95. The number of halogens is 2. The highest BCUT2D eigenvalue weighted by atomic mass is 35.5. The average molecular weight is 301 g/mol. The van der Waals surface area contributed by atoms with Gasteiger partial charge in [0.25, 0.3) is 0 Å². The molecule has 19 heavy (non-hydrogen) atoms. The molecule has 1 aliphatic rings. The number of benzene rings is 1. The molecule has 0 bridgehead atoms. The Bertz CT molecular complexity index is 434. The molecule has 0 amide bonds. The highest BCUT2D eigenvalue weighted by Gasteiger charge is 2.28. The molecule has 0 spiro atoms. The molecule has 2 rings (SSSR count). The number of nitrogens with zero attached hydrogens (tertiary/aromatic N) is 1. The molecule has 106 valence electrons. The van der Waals surface area contributed by atoms with Gasteiger partial charge in [-0.05, 0) is 24.5 Å². The second-order valence-corrected chi connectivity index (χ2v) is 6.55. The summed E-state index contributed by atoms with van der Waals surface area (Å²) in [5.41, 5.74) is 1.12. The van der Waals surface area contributed by atoms with Crippen molar-refractivity contribution in [2.45, 2.75) is 39.4 Å². The van der Waals surface area contributed by atoms with Gasteiger partial charge in [0.1, 0.15) is 0 Å². The average Bonchev–Trinajstić information content (AvgIpc) is 2.35. The van der Waals surface area contributed by atoms with Crippen LogP contribution >= 0.6 is 23.2 Å². The first-order chi connectivity index (χ1) is 8.99. The quantitative estimate of drug-likeness (QED) is 0.913. The number of hydrogen-bond acceptors (Lipinski definition) is 2. The zero-order chi connectivity index (χ0) is 14.0. The molecule has 1 N–H and O–H groups in total. The molecule has 0 aliphatic carbocycles. The molecule has 4 heteroatoms. The van der Waals surface area contributed by atoms with Crippen LogP contribution in [-0.2, 0) is 6.54 Å². The normalized spacial score (nSPS) is 24.9. The van der Waals surface area contributed by atoms with Gasteiger partial charge in [0.2, 0.25) is 0 Å². The summed E-state index contributed by atoms with van der Waals surface area (Å²) in [4.78, 5) is 2.52. The van der Waals surface area contributed by atoms with Gasteiger partial charge in [-0.2, -0.15) is 0 Å². The third-order valence-electron chi connectivity index (χ3n) is 3.83. The summed E-state index contributed by atoms with van der Waals surface area (Å²) in [5, 5.41) is 4.89. The van der Waals surface area contributed by atoms with Crippen molar-refractivity contribution in [2.24, 2.45) is 5.92 Å². The van der Waals surface area contributed by atoms with Crippen molar-refractivity contribution >= 4 is 23.2 Å². The summed E-state index contributed by atoms with van der Waals surface area (Å²) in [6.07, 6.45) is 0. The van der Waals surface area contributed by atoms with Crippen molar-refractivity contribution in [2.75, 3.05) is 13.1 Å². The zero-order valence-corrected chi connectivity index (χ0v) is 13.3. The van der Waals surface area contributed by atoms with Crippen LogP contribution in [0.15, 0.2) is 18.2 Å². The molecule has 1 heterocycles. The maximum Gasteiger partial charge on any atom is 0.0637 e. The van der Waals surface area contributed by atoms with Crippen LogP contribution < -0.4 is 5.32 Å². The molecule has 0 aromatic heterocycles. The van der Waals surface area contributed by atoms with E-state index in [-0.39, 0.29) is 0 Å². The molecular weight excluding hydrogens is 279 g/mol. The molecule has 0 radical (unpaired) electrons. The molecule has 2 unspecified atom stereocenters. The van der Waals surface area contributed by atoms with Gasteiger partial charge in [0.05, 0.1) is 10.0 Å². The number of rotatable bonds is 3. The van der Waals surface area contributed by atoms with Crippen LogP contribution in [-0.4, -0.2) is 30.1 Å². The van der Waals surface area contributed by atoms with Gasteiger partial charge < -0.3 is 5.32 Å². The minimum absolute atomic E-state index is 0.521. The molecular formula is C15H22Cl2N2. The van der Waals surface area contributed by atoms with E-state index in [2.05, 4.69) is 37.1 Å². The van der Waals surface area contributed by atoms with E-state index < -0.39 is 0 Å². The number of piperazine rings is 1. The predicted octanol–water partition coefficient (Wildman–Crippen LogP) is 3.81. The smallest absolute Gasteiger partial charge is 0.0637 e. The summed E-state index contributed by atoms with van der Waals surface area (Å²) >= 11 is 12.4. The van der Waals surface area contributed by atoms with E-state index in [1.165, 1.54) is 0 Å². The van der Waals surface area contributed by atoms with Crippen LogP contribution in [0.1, 0.15) is 26.3 Å². The van der Waals surface area contributed by atoms with Crippen molar-refractivity contribution < 1.29 is 0 Å². The van der Waals surface area contributed by atoms with Crippen LogP contribution in [0.5, 0.6) is 0 Å². The second-order valence-electron chi connectivity index (χ2n) is 5.76. The van der Waals surface area contributed by atoms with Crippen molar-refractivity contribution in [3.8, 4) is 0 Å². The summed E-state index contributed by atoms with van der Waals surface area (Å²) < 4.78 is 0. The van der Waals surface area contributed by atoms with E-state index >= 15 is 0 Å². The minimum atomic E-state index is 0.521. The molecule has 0 saturated carbocycles. The fourth-order valence-electron chi connectivity index (χ4n) is 2.73. The Kier molecular flexibility index (Phi) is 5.13. The lowest BCUT2D eigenvalue weighted by molar-refractivity contribution is 0.0956. The van der Waals surface area contributed by atoms with E-state index in [1.54, 1.807) is 0 Å². The zero-order valence-electron chi connectivity index (χ0n) is 11.8. The van der Waals surface area contributed by atoms with Gasteiger partial charge in [-0.25, -0.2) is 0 Å². The SMILES string of the molecule is CC1CN(Cc2cccc(Cl)c2Cl)C(C(C)C)CN1. The van der Waals surface area contributed by atoms with Gasteiger partial charge in [-0.15, -0.1) is 0 Å². The third-order valence-corrected chi connectivity index (χ3v) is 4.69. The summed E-state index contributed by atoms with van der Waals surface area (Å²) in [6.45, 7) is 9.73. The van der Waals surface area contributed by atoms with Crippen molar-refractivity contribution in [3.63, 3.8) is 0 Å². The second kappa shape index (κ2) is 6.45. The number of hydrogen-bond donors (Lipinski definition) is 1. The van der Waals surface area contributed by atoms with Gasteiger partial charge >= 0.3 is 0 Å². The van der Waals surface area contributed by atoms with Crippen LogP contribution in [0.2, 0.25) is 10.0 Å². The van der Waals surface area contributed by atoms with Crippen molar-refractivity contribution in [1.29, 1.82) is 0 Å². The van der Waals surface area contributed by atoms with E-state index in [0.29, 0.717) is 28.0 Å².